The topological polar surface area (TPSA) is 41.2 Å². The van der Waals surface area contributed by atoms with Crippen LogP contribution >= 0.6 is 0 Å². The standard InChI is InChI=1S/C38H31N3O/c39-23-30-11-8-14-34(21-30)41-35(20-29-17-18-31-12-4-5-13-32(31)19-29)26-42-27-36(41)22-33-25-40(24-28-9-2-1-3-10-28)38-16-7-6-15-37(33)38/h1-19,21,25-26,36H,20,22,24,27H2/t36-/m0/s1. The van der Waals surface area contributed by atoms with Crippen molar-refractivity contribution in [1.29, 1.82) is 5.26 Å². The largest absolute Gasteiger partial charge is 0.497 e. The number of nitriles is 1. The molecule has 4 heteroatoms. The Bertz CT molecular complexity index is 1950. The number of benzene rings is 5. The van der Waals surface area contributed by atoms with Gasteiger partial charge in [0, 0.05) is 35.8 Å². The molecule has 0 saturated heterocycles. The first kappa shape index (κ1) is 25.7. The van der Waals surface area contributed by atoms with Gasteiger partial charge in [0.2, 0.25) is 0 Å². The Morgan fingerprint density at radius 2 is 1.57 bits per heavy atom. The summed E-state index contributed by atoms with van der Waals surface area (Å²) in [5.41, 5.74) is 7.79. The third kappa shape index (κ3) is 5.13. The highest BCUT2D eigenvalue weighted by atomic mass is 16.5. The zero-order chi connectivity index (χ0) is 28.3. The van der Waals surface area contributed by atoms with Gasteiger partial charge in [0.1, 0.15) is 12.9 Å². The number of anilines is 1. The van der Waals surface area contributed by atoms with Crippen LogP contribution in [0.1, 0.15) is 22.3 Å². The smallest absolute Gasteiger partial charge is 0.108 e. The van der Waals surface area contributed by atoms with E-state index < -0.39 is 0 Å². The summed E-state index contributed by atoms with van der Waals surface area (Å²) >= 11 is 0. The lowest BCUT2D eigenvalue weighted by molar-refractivity contribution is 0.202. The number of hydrogen-bond acceptors (Lipinski definition) is 3. The predicted octanol–water partition coefficient (Wildman–Crippen LogP) is 8.25. The third-order valence-corrected chi connectivity index (χ3v) is 8.16. The van der Waals surface area contributed by atoms with Crippen LogP contribution in [0.4, 0.5) is 5.69 Å². The van der Waals surface area contributed by atoms with Gasteiger partial charge in [-0.1, -0.05) is 97.1 Å². The molecule has 204 valence electrons. The summed E-state index contributed by atoms with van der Waals surface area (Å²) < 4.78 is 8.53. The van der Waals surface area contributed by atoms with Crippen molar-refractivity contribution in [3.8, 4) is 6.07 Å². The monoisotopic (exact) mass is 545 g/mol. The van der Waals surface area contributed by atoms with E-state index in [0.717, 1.165) is 30.8 Å². The summed E-state index contributed by atoms with van der Waals surface area (Å²) in [6.45, 7) is 1.39. The molecule has 0 spiro atoms. The molecule has 0 amide bonds. The van der Waals surface area contributed by atoms with E-state index in [1.54, 1.807) is 0 Å². The van der Waals surface area contributed by atoms with Crippen LogP contribution in [0.25, 0.3) is 21.7 Å². The van der Waals surface area contributed by atoms with Crippen molar-refractivity contribution < 1.29 is 4.74 Å². The zero-order valence-electron chi connectivity index (χ0n) is 23.4. The molecular formula is C38H31N3O. The molecule has 0 bridgehead atoms. The molecule has 4 nitrogen and oxygen atoms in total. The Balaban J connectivity index is 1.25. The van der Waals surface area contributed by atoms with Gasteiger partial charge in [0.15, 0.2) is 0 Å². The van der Waals surface area contributed by atoms with Crippen molar-refractivity contribution in [3.05, 3.63) is 162 Å². The van der Waals surface area contributed by atoms with E-state index in [9.17, 15) is 5.26 Å². The Hall–Kier alpha value is -5.27. The number of hydrogen-bond donors (Lipinski definition) is 0. The lowest BCUT2D eigenvalue weighted by atomic mass is 9.99. The van der Waals surface area contributed by atoms with Crippen molar-refractivity contribution in [2.45, 2.75) is 25.4 Å². The van der Waals surface area contributed by atoms with Gasteiger partial charge >= 0.3 is 0 Å². The summed E-state index contributed by atoms with van der Waals surface area (Å²) in [6.07, 6.45) is 5.76. The minimum absolute atomic E-state index is 0.0652. The Labute approximate surface area is 246 Å². The molecule has 1 aliphatic rings. The van der Waals surface area contributed by atoms with E-state index in [1.807, 2.05) is 24.5 Å². The molecule has 0 N–H and O–H groups in total. The molecule has 5 aromatic carbocycles. The van der Waals surface area contributed by atoms with Crippen molar-refractivity contribution in [2.75, 3.05) is 11.5 Å². The lowest BCUT2D eigenvalue weighted by Crippen LogP contribution is -2.43. The van der Waals surface area contributed by atoms with Gasteiger partial charge in [-0.3, -0.25) is 0 Å². The van der Waals surface area contributed by atoms with E-state index in [2.05, 4.69) is 125 Å². The van der Waals surface area contributed by atoms with Crippen LogP contribution in [0.2, 0.25) is 0 Å². The highest BCUT2D eigenvalue weighted by Gasteiger charge is 2.29. The molecule has 7 rings (SSSR count). The van der Waals surface area contributed by atoms with Crippen LogP contribution in [-0.4, -0.2) is 17.2 Å². The fraction of sp³-hybridized carbons (Fsp3) is 0.132. The van der Waals surface area contributed by atoms with Crippen molar-refractivity contribution >= 4 is 27.4 Å². The molecule has 0 saturated carbocycles. The number of ether oxygens (including phenoxy) is 1. The number of allylic oxidation sites excluding steroid dienone is 1. The van der Waals surface area contributed by atoms with E-state index in [4.69, 9.17) is 4.74 Å². The first-order valence-corrected chi connectivity index (χ1v) is 14.4. The molecule has 1 aromatic heterocycles. The number of para-hydroxylation sites is 1. The highest BCUT2D eigenvalue weighted by Crippen LogP contribution is 2.33. The summed E-state index contributed by atoms with van der Waals surface area (Å²) in [5.74, 6) is 0. The van der Waals surface area contributed by atoms with Gasteiger partial charge in [-0.15, -0.1) is 0 Å². The maximum Gasteiger partial charge on any atom is 0.108 e. The zero-order valence-corrected chi connectivity index (χ0v) is 23.4. The SMILES string of the molecule is N#Cc1cccc(N2C(Cc3ccc4ccccc4c3)=COC[C@@H]2Cc2cn(Cc3ccccc3)c3ccccc23)c1. The second kappa shape index (κ2) is 11.3. The molecule has 2 heterocycles. The molecular weight excluding hydrogens is 514 g/mol. The number of fused-ring (bicyclic) bond motifs is 2. The Morgan fingerprint density at radius 1 is 0.762 bits per heavy atom. The number of aromatic nitrogens is 1. The molecule has 1 atom stereocenters. The molecule has 1 aliphatic heterocycles. The number of nitrogens with zero attached hydrogens (tertiary/aromatic N) is 3. The fourth-order valence-corrected chi connectivity index (χ4v) is 6.21. The van der Waals surface area contributed by atoms with Crippen LogP contribution in [0.5, 0.6) is 0 Å². The van der Waals surface area contributed by atoms with Crippen molar-refractivity contribution in [2.24, 2.45) is 0 Å². The van der Waals surface area contributed by atoms with E-state index in [1.165, 1.54) is 38.4 Å². The van der Waals surface area contributed by atoms with E-state index >= 15 is 0 Å². The van der Waals surface area contributed by atoms with Crippen molar-refractivity contribution in [3.63, 3.8) is 0 Å². The summed E-state index contributed by atoms with van der Waals surface area (Å²) in [5, 5.41) is 13.4. The van der Waals surface area contributed by atoms with Gasteiger partial charge < -0.3 is 14.2 Å². The average molecular weight is 546 g/mol. The quantitative estimate of drug-likeness (QED) is 0.203. The van der Waals surface area contributed by atoms with Crippen LogP contribution < -0.4 is 4.90 Å². The second-order valence-electron chi connectivity index (χ2n) is 11.0. The first-order valence-electron chi connectivity index (χ1n) is 14.4. The van der Waals surface area contributed by atoms with E-state index in [0.29, 0.717) is 12.2 Å². The fourth-order valence-electron chi connectivity index (χ4n) is 6.21. The van der Waals surface area contributed by atoms with Crippen LogP contribution in [-0.2, 0) is 24.1 Å². The average Bonchev–Trinajstić information content (AvgIpc) is 3.38. The van der Waals surface area contributed by atoms with Crippen LogP contribution in [0.3, 0.4) is 0 Å². The molecule has 0 unspecified atom stereocenters. The van der Waals surface area contributed by atoms with Crippen LogP contribution in [0, 0.1) is 11.3 Å². The Morgan fingerprint density at radius 3 is 2.45 bits per heavy atom. The van der Waals surface area contributed by atoms with Gasteiger partial charge in [-0.05, 0) is 58.1 Å². The maximum absolute atomic E-state index is 9.69. The van der Waals surface area contributed by atoms with Crippen LogP contribution in [0.15, 0.2) is 139 Å². The minimum atomic E-state index is 0.0652. The summed E-state index contributed by atoms with van der Waals surface area (Å²) in [4.78, 5) is 2.39. The molecule has 0 aliphatic carbocycles. The van der Waals surface area contributed by atoms with Gasteiger partial charge in [0.25, 0.3) is 0 Å². The predicted molar refractivity (Wildman–Crippen MR) is 170 cm³/mol. The third-order valence-electron chi connectivity index (χ3n) is 8.16. The van der Waals surface area contributed by atoms with E-state index in [-0.39, 0.29) is 6.04 Å². The maximum atomic E-state index is 9.69. The molecule has 42 heavy (non-hydrogen) atoms. The summed E-state index contributed by atoms with van der Waals surface area (Å²) in [7, 11) is 0. The van der Waals surface area contributed by atoms with Crippen molar-refractivity contribution in [1.82, 2.24) is 4.57 Å². The van der Waals surface area contributed by atoms with Gasteiger partial charge in [-0.2, -0.15) is 5.26 Å². The second-order valence-corrected chi connectivity index (χ2v) is 11.0. The molecule has 0 fully saturated rings. The molecule has 0 radical (unpaired) electrons. The Kier molecular flexibility index (Phi) is 6.92. The minimum Gasteiger partial charge on any atom is -0.497 e. The number of rotatable bonds is 7. The highest BCUT2D eigenvalue weighted by molar-refractivity contribution is 5.84. The normalized spacial score (nSPS) is 14.9. The van der Waals surface area contributed by atoms with Gasteiger partial charge in [0.05, 0.1) is 23.4 Å². The molecule has 6 aromatic rings. The first-order chi connectivity index (χ1) is 20.7. The van der Waals surface area contributed by atoms with Gasteiger partial charge in [-0.25, -0.2) is 0 Å². The lowest BCUT2D eigenvalue weighted by Gasteiger charge is -2.38. The summed E-state index contributed by atoms with van der Waals surface area (Å²) in [6, 6.07) is 44.7.